The summed E-state index contributed by atoms with van der Waals surface area (Å²) in [6.07, 6.45) is 0. The van der Waals surface area contributed by atoms with Crippen LogP contribution in [-0.2, 0) is 10.0 Å². The largest absolute Gasteiger partial charge is 0.363 e. The maximum atomic E-state index is 13.0. The number of aryl methyl sites for hydroxylation is 2. The second-order valence-electron chi connectivity index (χ2n) is 8.50. The van der Waals surface area contributed by atoms with E-state index in [0.717, 1.165) is 17.1 Å². The smallest absolute Gasteiger partial charge is 0.243 e. The van der Waals surface area contributed by atoms with Gasteiger partial charge < -0.3 is 15.1 Å². The highest BCUT2D eigenvalue weighted by atomic mass is 32.2. The Bertz CT molecular complexity index is 1200. The third-order valence-electron chi connectivity index (χ3n) is 5.66. The van der Waals surface area contributed by atoms with Gasteiger partial charge >= 0.3 is 0 Å². The molecule has 0 amide bonds. The van der Waals surface area contributed by atoms with Gasteiger partial charge in [0.15, 0.2) is 0 Å². The normalized spacial score (nSPS) is 14.8. The van der Waals surface area contributed by atoms with Crippen LogP contribution in [0.25, 0.3) is 0 Å². The minimum Gasteiger partial charge on any atom is -0.363 e. The summed E-state index contributed by atoms with van der Waals surface area (Å²) in [4.78, 5) is 13.7. The Morgan fingerprint density at radius 3 is 2.00 bits per heavy atom. The molecule has 2 heterocycles. The van der Waals surface area contributed by atoms with Crippen molar-refractivity contribution in [2.45, 2.75) is 18.7 Å². The average molecular weight is 467 g/mol. The van der Waals surface area contributed by atoms with Crippen molar-refractivity contribution in [1.82, 2.24) is 14.3 Å². The van der Waals surface area contributed by atoms with Gasteiger partial charge in [-0.25, -0.2) is 8.42 Å². The third-order valence-corrected chi connectivity index (χ3v) is 7.58. The van der Waals surface area contributed by atoms with E-state index in [1.54, 1.807) is 12.1 Å². The molecule has 8 nitrogen and oxygen atoms in total. The van der Waals surface area contributed by atoms with Crippen molar-refractivity contribution in [1.29, 1.82) is 0 Å². The van der Waals surface area contributed by atoms with Crippen LogP contribution in [0.15, 0.2) is 59.5 Å². The van der Waals surface area contributed by atoms with Crippen LogP contribution in [0.3, 0.4) is 0 Å². The molecule has 9 heteroatoms. The van der Waals surface area contributed by atoms with Gasteiger partial charge in [0.05, 0.1) is 4.90 Å². The minimum absolute atomic E-state index is 0.331. The predicted molar refractivity (Wildman–Crippen MR) is 133 cm³/mol. The van der Waals surface area contributed by atoms with Crippen LogP contribution < -0.4 is 15.1 Å². The van der Waals surface area contributed by atoms with E-state index in [0.29, 0.717) is 42.8 Å². The standard InChI is InChI=1S/C24H30N6O2S/c1-18-5-9-20(10-6-18)25-22-17-23(28(3)4)27-24(26-22)29-13-15-30(16-14-29)33(31,32)21-11-7-19(2)8-12-21/h5-12,17H,13-16H2,1-4H3,(H,25,26,27). The summed E-state index contributed by atoms with van der Waals surface area (Å²) >= 11 is 0. The van der Waals surface area contributed by atoms with E-state index in [-0.39, 0.29) is 0 Å². The van der Waals surface area contributed by atoms with E-state index in [2.05, 4.69) is 12.2 Å². The fraction of sp³-hybridized carbons (Fsp3) is 0.333. The lowest BCUT2D eigenvalue weighted by Gasteiger charge is -2.34. The SMILES string of the molecule is Cc1ccc(Nc2cc(N(C)C)nc(N3CCN(S(=O)(=O)c4ccc(C)cc4)CC3)n2)cc1. The molecular formula is C24H30N6O2S. The van der Waals surface area contributed by atoms with Crippen molar-refractivity contribution in [2.24, 2.45) is 0 Å². The van der Waals surface area contributed by atoms with Crippen molar-refractivity contribution >= 4 is 33.3 Å². The second kappa shape index (κ2) is 9.36. The summed E-state index contributed by atoms with van der Waals surface area (Å²) in [5.41, 5.74) is 3.17. The highest BCUT2D eigenvalue weighted by Crippen LogP contribution is 2.25. The molecule has 1 fully saturated rings. The Kier molecular flexibility index (Phi) is 6.53. The molecule has 0 saturated carbocycles. The molecule has 0 spiro atoms. The Morgan fingerprint density at radius 1 is 0.848 bits per heavy atom. The summed E-state index contributed by atoms with van der Waals surface area (Å²) in [5, 5.41) is 3.35. The zero-order valence-electron chi connectivity index (χ0n) is 19.5. The topological polar surface area (TPSA) is 81.7 Å². The van der Waals surface area contributed by atoms with Crippen LogP contribution in [0, 0.1) is 13.8 Å². The van der Waals surface area contributed by atoms with E-state index >= 15 is 0 Å². The van der Waals surface area contributed by atoms with E-state index in [9.17, 15) is 8.42 Å². The molecule has 1 saturated heterocycles. The molecule has 0 atom stereocenters. The maximum Gasteiger partial charge on any atom is 0.243 e. The number of hydrogen-bond acceptors (Lipinski definition) is 7. The molecule has 1 aliphatic rings. The van der Waals surface area contributed by atoms with Gasteiger partial charge in [0.1, 0.15) is 11.6 Å². The van der Waals surface area contributed by atoms with Crippen molar-refractivity contribution in [2.75, 3.05) is 55.4 Å². The number of aromatic nitrogens is 2. The molecule has 3 aromatic rings. The molecule has 1 N–H and O–H groups in total. The van der Waals surface area contributed by atoms with Gasteiger partial charge in [-0.15, -0.1) is 0 Å². The molecule has 4 rings (SSSR count). The molecular weight excluding hydrogens is 436 g/mol. The number of sulfonamides is 1. The fourth-order valence-electron chi connectivity index (χ4n) is 3.63. The Labute approximate surface area is 195 Å². The van der Waals surface area contributed by atoms with E-state index in [1.165, 1.54) is 9.87 Å². The predicted octanol–water partition coefficient (Wildman–Crippen LogP) is 3.41. The van der Waals surface area contributed by atoms with Gasteiger partial charge in [-0.2, -0.15) is 14.3 Å². The number of benzene rings is 2. The first-order valence-electron chi connectivity index (χ1n) is 10.9. The van der Waals surface area contributed by atoms with Gasteiger partial charge in [-0.1, -0.05) is 35.4 Å². The number of piperazine rings is 1. The number of nitrogens with zero attached hydrogens (tertiary/aromatic N) is 5. The first-order chi connectivity index (χ1) is 15.7. The summed E-state index contributed by atoms with van der Waals surface area (Å²) in [7, 11) is 0.364. The first kappa shape index (κ1) is 23.0. The molecule has 0 unspecified atom stereocenters. The Morgan fingerprint density at radius 2 is 1.42 bits per heavy atom. The van der Waals surface area contributed by atoms with Gasteiger partial charge in [-0.3, -0.25) is 0 Å². The molecule has 0 bridgehead atoms. The second-order valence-corrected chi connectivity index (χ2v) is 10.4. The van der Waals surface area contributed by atoms with Crippen molar-refractivity contribution in [3.8, 4) is 0 Å². The number of hydrogen-bond donors (Lipinski definition) is 1. The van der Waals surface area contributed by atoms with E-state index < -0.39 is 10.0 Å². The summed E-state index contributed by atoms with van der Waals surface area (Å²) in [6, 6.07) is 17.0. The molecule has 174 valence electrons. The lowest BCUT2D eigenvalue weighted by molar-refractivity contribution is 0.382. The van der Waals surface area contributed by atoms with E-state index in [4.69, 9.17) is 9.97 Å². The monoisotopic (exact) mass is 466 g/mol. The minimum atomic E-state index is -3.51. The Hall–Kier alpha value is -3.17. The lowest BCUT2D eigenvalue weighted by atomic mass is 10.2. The molecule has 2 aromatic carbocycles. The van der Waals surface area contributed by atoms with Crippen LogP contribution >= 0.6 is 0 Å². The Balaban J connectivity index is 1.51. The van der Waals surface area contributed by atoms with E-state index in [1.807, 2.05) is 73.3 Å². The molecule has 0 radical (unpaired) electrons. The van der Waals surface area contributed by atoms with Crippen LogP contribution in [0.5, 0.6) is 0 Å². The van der Waals surface area contributed by atoms with Crippen LogP contribution in [0.2, 0.25) is 0 Å². The van der Waals surface area contributed by atoms with Gasteiger partial charge in [-0.05, 0) is 38.1 Å². The summed E-state index contributed by atoms with van der Waals surface area (Å²) < 4.78 is 27.6. The average Bonchev–Trinajstić information content (AvgIpc) is 2.81. The van der Waals surface area contributed by atoms with Gasteiger partial charge in [0.2, 0.25) is 16.0 Å². The third kappa shape index (κ3) is 5.26. The summed E-state index contributed by atoms with van der Waals surface area (Å²) in [5.74, 6) is 2.06. The highest BCUT2D eigenvalue weighted by molar-refractivity contribution is 7.89. The lowest BCUT2D eigenvalue weighted by Crippen LogP contribution is -2.49. The zero-order chi connectivity index (χ0) is 23.6. The van der Waals surface area contributed by atoms with Crippen molar-refractivity contribution < 1.29 is 8.42 Å². The number of nitrogens with one attached hydrogen (secondary N) is 1. The van der Waals surface area contributed by atoms with Gasteiger partial charge in [0, 0.05) is 52.0 Å². The van der Waals surface area contributed by atoms with Crippen LogP contribution in [0.4, 0.5) is 23.3 Å². The van der Waals surface area contributed by atoms with Crippen LogP contribution in [-0.4, -0.2) is 63.0 Å². The van der Waals surface area contributed by atoms with Gasteiger partial charge in [0.25, 0.3) is 0 Å². The van der Waals surface area contributed by atoms with Crippen LogP contribution in [0.1, 0.15) is 11.1 Å². The number of rotatable bonds is 6. The highest BCUT2D eigenvalue weighted by Gasteiger charge is 2.29. The number of anilines is 4. The van der Waals surface area contributed by atoms with Crippen molar-refractivity contribution in [3.63, 3.8) is 0 Å². The quantitative estimate of drug-likeness (QED) is 0.596. The molecule has 1 aliphatic heterocycles. The van der Waals surface area contributed by atoms with Crippen molar-refractivity contribution in [3.05, 3.63) is 65.7 Å². The first-order valence-corrected chi connectivity index (χ1v) is 12.4. The summed E-state index contributed by atoms with van der Waals surface area (Å²) in [6.45, 7) is 5.80. The molecule has 33 heavy (non-hydrogen) atoms. The fourth-order valence-corrected chi connectivity index (χ4v) is 5.05. The maximum absolute atomic E-state index is 13.0. The molecule has 0 aliphatic carbocycles. The molecule has 1 aromatic heterocycles. The zero-order valence-corrected chi connectivity index (χ0v) is 20.3.